The highest BCUT2D eigenvalue weighted by molar-refractivity contribution is 5.73. The Morgan fingerprint density at radius 3 is 2.54 bits per heavy atom. The van der Waals surface area contributed by atoms with Crippen molar-refractivity contribution in [2.45, 2.75) is 77.9 Å². The Labute approximate surface area is 143 Å². The molecule has 6 nitrogen and oxygen atoms in total. The summed E-state index contributed by atoms with van der Waals surface area (Å²) in [6, 6.07) is -0.165. The molecule has 0 spiro atoms. The number of hydrogen-bond acceptors (Lipinski definition) is 5. The second-order valence-corrected chi connectivity index (χ2v) is 8.25. The molecular weight excluding hydrogens is 306 g/mol. The monoisotopic (exact) mass is 335 g/mol. The molecule has 1 aliphatic carbocycles. The first-order chi connectivity index (χ1) is 11.4. The van der Waals surface area contributed by atoms with Crippen molar-refractivity contribution in [1.82, 2.24) is 15.5 Å². The lowest BCUT2D eigenvalue weighted by Gasteiger charge is -2.29. The molecule has 0 unspecified atom stereocenters. The third-order valence-electron chi connectivity index (χ3n) is 5.21. The first kappa shape index (κ1) is 17.4. The number of carbonyl (C=O) groups excluding carboxylic acids is 1. The van der Waals surface area contributed by atoms with E-state index in [1.807, 2.05) is 0 Å². The molecule has 6 heteroatoms. The average Bonchev–Trinajstić information content (AvgIpc) is 3.22. The van der Waals surface area contributed by atoms with E-state index in [0.29, 0.717) is 17.7 Å². The van der Waals surface area contributed by atoms with Gasteiger partial charge in [-0.05, 0) is 30.6 Å². The average molecular weight is 335 g/mol. The summed E-state index contributed by atoms with van der Waals surface area (Å²) in [4.78, 5) is 11.6. The van der Waals surface area contributed by atoms with Gasteiger partial charge in [0.1, 0.15) is 6.04 Å². The summed E-state index contributed by atoms with van der Waals surface area (Å²) in [6.07, 6.45) is 5.57. The quantitative estimate of drug-likeness (QED) is 0.913. The Kier molecular flexibility index (Phi) is 4.95. The highest BCUT2D eigenvalue weighted by Crippen LogP contribution is 2.41. The Morgan fingerprint density at radius 1 is 1.21 bits per heavy atom. The van der Waals surface area contributed by atoms with Crippen LogP contribution in [0.2, 0.25) is 0 Å². The van der Waals surface area contributed by atoms with Gasteiger partial charge in [-0.25, -0.2) is 0 Å². The maximum atomic E-state index is 11.6. The smallest absolute Gasteiger partial charge is 0.239 e. The molecule has 3 rings (SSSR count). The van der Waals surface area contributed by atoms with E-state index in [4.69, 9.17) is 9.15 Å². The van der Waals surface area contributed by atoms with E-state index in [9.17, 15) is 4.79 Å². The van der Waals surface area contributed by atoms with Crippen LogP contribution in [-0.2, 0) is 9.53 Å². The first-order valence-corrected chi connectivity index (χ1v) is 9.08. The zero-order valence-electron chi connectivity index (χ0n) is 15.2. The molecule has 0 bridgehead atoms. The third kappa shape index (κ3) is 3.63. The van der Waals surface area contributed by atoms with Crippen molar-refractivity contribution in [3.63, 3.8) is 0 Å². The van der Waals surface area contributed by atoms with Crippen LogP contribution in [0.3, 0.4) is 0 Å². The molecule has 1 aliphatic heterocycles. The molecule has 1 saturated carbocycles. The largest absolute Gasteiger partial charge is 0.423 e. The van der Waals surface area contributed by atoms with Gasteiger partial charge in [-0.15, -0.1) is 10.2 Å². The molecule has 1 aromatic heterocycles. The van der Waals surface area contributed by atoms with Crippen molar-refractivity contribution in [1.29, 1.82) is 0 Å². The van der Waals surface area contributed by atoms with Crippen molar-refractivity contribution in [2.24, 2.45) is 11.3 Å². The summed E-state index contributed by atoms with van der Waals surface area (Å²) in [6.45, 7) is 8.78. The van der Waals surface area contributed by atoms with Crippen LogP contribution in [0, 0.1) is 11.3 Å². The Hall–Kier alpha value is -1.43. The van der Waals surface area contributed by atoms with E-state index < -0.39 is 0 Å². The molecule has 2 heterocycles. The van der Waals surface area contributed by atoms with Crippen molar-refractivity contribution >= 4 is 5.91 Å². The standard InChI is InChI=1S/C18H29N3O3/c1-11(22)19-14(12-7-5-6-8-12)17-21-20-16(24-17)13-9-10-23-15(13)18(2,3)4/h12-15H,5-10H2,1-4H3,(H,19,22)/t13-,14+,15-/m0/s1. The highest BCUT2D eigenvalue weighted by Gasteiger charge is 2.41. The maximum Gasteiger partial charge on any atom is 0.239 e. The van der Waals surface area contributed by atoms with Crippen molar-refractivity contribution in [3.8, 4) is 0 Å². The minimum absolute atomic E-state index is 0.0261. The molecular formula is C18H29N3O3. The lowest BCUT2D eigenvalue weighted by molar-refractivity contribution is -0.120. The molecule has 0 radical (unpaired) electrons. The second-order valence-electron chi connectivity index (χ2n) is 8.25. The van der Waals surface area contributed by atoms with Crippen LogP contribution >= 0.6 is 0 Å². The lowest BCUT2D eigenvalue weighted by atomic mass is 9.81. The number of ether oxygens (including phenoxy) is 1. The number of hydrogen-bond donors (Lipinski definition) is 1. The molecule has 1 N–H and O–H groups in total. The Morgan fingerprint density at radius 2 is 1.92 bits per heavy atom. The number of rotatable bonds is 4. The number of nitrogens with one attached hydrogen (secondary N) is 1. The fourth-order valence-corrected chi connectivity index (χ4v) is 4.11. The Bertz CT molecular complexity index is 572. The molecule has 1 amide bonds. The van der Waals surface area contributed by atoms with Gasteiger partial charge in [-0.2, -0.15) is 0 Å². The zero-order chi connectivity index (χ0) is 17.3. The predicted octanol–water partition coefficient (Wildman–Crippen LogP) is 3.36. The van der Waals surface area contributed by atoms with E-state index >= 15 is 0 Å². The van der Waals surface area contributed by atoms with E-state index in [0.717, 1.165) is 25.9 Å². The van der Waals surface area contributed by atoms with Gasteiger partial charge < -0.3 is 14.5 Å². The summed E-state index contributed by atoms with van der Waals surface area (Å²) in [5.41, 5.74) is 0.0261. The molecule has 2 aliphatic rings. The van der Waals surface area contributed by atoms with Crippen LogP contribution in [0.15, 0.2) is 4.42 Å². The lowest BCUT2D eigenvalue weighted by Crippen LogP contribution is -2.31. The highest BCUT2D eigenvalue weighted by atomic mass is 16.5. The van der Waals surface area contributed by atoms with Crippen LogP contribution in [0.4, 0.5) is 0 Å². The number of nitrogens with zero attached hydrogens (tertiary/aromatic N) is 2. The molecule has 3 atom stereocenters. The summed E-state index contributed by atoms with van der Waals surface area (Å²) in [5.74, 6) is 1.67. The summed E-state index contributed by atoms with van der Waals surface area (Å²) in [5, 5.41) is 11.6. The normalized spacial score (nSPS) is 26.7. The number of carbonyl (C=O) groups is 1. The summed E-state index contributed by atoms with van der Waals surface area (Å²) >= 11 is 0. The topological polar surface area (TPSA) is 77.2 Å². The van der Waals surface area contributed by atoms with Gasteiger partial charge in [0.05, 0.1) is 12.0 Å². The van der Waals surface area contributed by atoms with E-state index in [1.165, 1.54) is 12.8 Å². The zero-order valence-corrected chi connectivity index (χ0v) is 15.2. The van der Waals surface area contributed by atoms with Crippen LogP contribution in [0.5, 0.6) is 0 Å². The van der Waals surface area contributed by atoms with Crippen LogP contribution in [-0.4, -0.2) is 28.8 Å². The number of amides is 1. The van der Waals surface area contributed by atoms with Crippen LogP contribution < -0.4 is 5.32 Å². The molecule has 1 aromatic rings. The summed E-state index contributed by atoms with van der Waals surface area (Å²) < 4.78 is 12.0. The molecule has 134 valence electrons. The van der Waals surface area contributed by atoms with Gasteiger partial charge in [0.15, 0.2) is 0 Å². The van der Waals surface area contributed by atoms with E-state index in [2.05, 4.69) is 36.3 Å². The van der Waals surface area contributed by atoms with Gasteiger partial charge in [-0.3, -0.25) is 4.79 Å². The minimum Gasteiger partial charge on any atom is -0.423 e. The summed E-state index contributed by atoms with van der Waals surface area (Å²) in [7, 11) is 0. The predicted molar refractivity (Wildman–Crippen MR) is 89.4 cm³/mol. The Balaban J connectivity index is 1.81. The molecule has 0 aromatic carbocycles. The van der Waals surface area contributed by atoms with Gasteiger partial charge in [0.2, 0.25) is 17.7 Å². The van der Waals surface area contributed by atoms with E-state index in [-0.39, 0.29) is 29.4 Å². The van der Waals surface area contributed by atoms with Gasteiger partial charge in [-0.1, -0.05) is 33.6 Å². The van der Waals surface area contributed by atoms with Crippen molar-refractivity contribution in [3.05, 3.63) is 11.8 Å². The van der Waals surface area contributed by atoms with Crippen LogP contribution in [0.1, 0.15) is 83.5 Å². The SMILES string of the molecule is CC(=O)N[C@@H](c1nnc([C@H]2CCO[C@@H]2C(C)(C)C)o1)C1CCCC1. The number of aromatic nitrogens is 2. The molecule has 1 saturated heterocycles. The fraction of sp³-hybridized carbons (Fsp3) is 0.833. The molecule has 24 heavy (non-hydrogen) atoms. The van der Waals surface area contributed by atoms with Crippen molar-refractivity contribution in [2.75, 3.05) is 6.61 Å². The second kappa shape index (κ2) is 6.82. The van der Waals surface area contributed by atoms with Gasteiger partial charge in [0.25, 0.3) is 0 Å². The molecule has 2 fully saturated rings. The van der Waals surface area contributed by atoms with E-state index in [1.54, 1.807) is 6.92 Å². The fourth-order valence-electron chi connectivity index (χ4n) is 4.11. The van der Waals surface area contributed by atoms with Crippen molar-refractivity contribution < 1.29 is 13.9 Å². The maximum absolute atomic E-state index is 11.6. The van der Waals surface area contributed by atoms with Crippen LogP contribution in [0.25, 0.3) is 0 Å². The van der Waals surface area contributed by atoms with Gasteiger partial charge in [0, 0.05) is 13.5 Å². The first-order valence-electron chi connectivity index (χ1n) is 9.08. The minimum atomic E-state index is -0.165. The van der Waals surface area contributed by atoms with Gasteiger partial charge >= 0.3 is 0 Å². The third-order valence-corrected chi connectivity index (χ3v) is 5.21.